The van der Waals surface area contributed by atoms with Gasteiger partial charge in [-0.3, -0.25) is 14.3 Å². The number of hydrogen-bond donors (Lipinski definition) is 1. The fourth-order valence-electron chi connectivity index (χ4n) is 6.74. The minimum absolute atomic E-state index is 0.0497. The summed E-state index contributed by atoms with van der Waals surface area (Å²) >= 11 is 0. The molecule has 7 nitrogen and oxygen atoms in total. The Morgan fingerprint density at radius 3 is 2.79 bits per heavy atom. The molecule has 4 bridgehead atoms. The fraction of sp³-hybridized carbons (Fsp3) is 0.615. The van der Waals surface area contributed by atoms with Gasteiger partial charge in [-0.2, -0.15) is 0 Å². The molecule has 0 spiro atoms. The fourth-order valence-corrected chi connectivity index (χ4v) is 6.74. The first-order chi connectivity index (χ1) is 15.9. The van der Waals surface area contributed by atoms with E-state index < -0.39 is 0 Å². The van der Waals surface area contributed by atoms with Gasteiger partial charge >= 0.3 is 12.0 Å². The lowest BCUT2D eigenvalue weighted by Crippen LogP contribution is -2.56. The Balaban J connectivity index is 1.64. The number of benzene rings is 1. The van der Waals surface area contributed by atoms with E-state index in [0.29, 0.717) is 36.1 Å². The smallest absolute Gasteiger partial charge is 0.326 e. The molecule has 2 saturated heterocycles. The summed E-state index contributed by atoms with van der Waals surface area (Å²) in [7, 11) is 4.02. The largest absolute Gasteiger partial charge is 0.427 e. The molecule has 1 aromatic heterocycles. The van der Waals surface area contributed by atoms with Gasteiger partial charge in [0.25, 0.3) is 0 Å². The summed E-state index contributed by atoms with van der Waals surface area (Å²) in [5.41, 5.74) is 3.38. The number of esters is 1. The van der Waals surface area contributed by atoms with Gasteiger partial charge in [0.1, 0.15) is 5.75 Å². The monoisotopic (exact) mass is 452 g/mol. The zero-order valence-corrected chi connectivity index (χ0v) is 20.3. The van der Waals surface area contributed by atoms with Crippen LogP contribution in [0.5, 0.6) is 5.75 Å². The number of aromatic nitrogens is 1. The molecule has 1 saturated carbocycles. The third-order valence-corrected chi connectivity index (χ3v) is 7.94. The molecule has 2 aromatic rings. The van der Waals surface area contributed by atoms with E-state index in [-0.39, 0.29) is 12.0 Å². The van der Waals surface area contributed by atoms with Gasteiger partial charge in [0, 0.05) is 56.1 Å². The van der Waals surface area contributed by atoms with E-state index in [4.69, 9.17) is 4.74 Å². The molecule has 0 radical (unpaired) electrons. The highest BCUT2D eigenvalue weighted by Gasteiger charge is 2.49. The van der Waals surface area contributed by atoms with Crippen LogP contribution >= 0.6 is 0 Å². The molecule has 6 rings (SSSR count). The summed E-state index contributed by atoms with van der Waals surface area (Å²) in [6.07, 6.45) is 4.58. The number of hydrogen-bond acceptors (Lipinski definition) is 5. The Labute approximate surface area is 196 Å². The Hall–Kier alpha value is -2.38. The lowest BCUT2D eigenvalue weighted by Gasteiger charge is -2.53. The van der Waals surface area contributed by atoms with Crippen LogP contribution in [0.25, 0.3) is 10.9 Å². The number of amides is 1. The van der Waals surface area contributed by atoms with Crippen molar-refractivity contribution in [3.8, 4) is 5.75 Å². The number of nitrogens with one attached hydrogen (secondary N) is 1. The van der Waals surface area contributed by atoms with Crippen molar-refractivity contribution >= 4 is 22.9 Å². The minimum Gasteiger partial charge on any atom is -0.427 e. The Morgan fingerprint density at radius 2 is 2.06 bits per heavy atom. The topological polar surface area (TPSA) is 66.8 Å². The normalized spacial score (nSPS) is 28.0. The molecule has 4 aliphatic rings. The predicted octanol–water partition coefficient (Wildman–Crippen LogP) is 3.45. The summed E-state index contributed by atoms with van der Waals surface area (Å²) in [5, 5.41) is 4.20. The van der Waals surface area contributed by atoms with Crippen molar-refractivity contribution in [1.82, 2.24) is 19.7 Å². The first-order valence-corrected chi connectivity index (χ1v) is 12.4. The van der Waals surface area contributed by atoms with E-state index >= 15 is 0 Å². The van der Waals surface area contributed by atoms with Crippen LogP contribution in [0.3, 0.4) is 0 Å². The number of carbonyl (C=O) groups is 2. The summed E-state index contributed by atoms with van der Waals surface area (Å²) in [6.45, 7) is 7.35. The van der Waals surface area contributed by atoms with Crippen LogP contribution in [-0.2, 0) is 11.2 Å². The van der Waals surface area contributed by atoms with Crippen LogP contribution in [-0.4, -0.2) is 72.7 Å². The molecule has 1 N–H and O–H groups in total. The standard InChI is InChI=1S/C26H36N4O3/c1-5-18-12-17-13-22-24(18)29(15-17)10-8-20-21-14-19(33-16(2)31)6-7-23(21)30(25(20)22)26(32)27-9-11-28(3)4/h6-7,14,17-18,22,24H,5,8-13,15H2,1-4H3,(H,27,32)/t17-,18+,22-,24+/m1/s1. The lowest BCUT2D eigenvalue weighted by molar-refractivity contribution is -0.131. The van der Waals surface area contributed by atoms with Gasteiger partial charge in [0.05, 0.1) is 5.52 Å². The van der Waals surface area contributed by atoms with E-state index in [1.165, 1.54) is 37.6 Å². The zero-order valence-electron chi connectivity index (χ0n) is 20.3. The molecule has 178 valence electrons. The summed E-state index contributed by atoms with van der Waals surface area (Å²) in [5.74, 6) is 1.98. The molecule has 1 aliphatic carbocycles. The van der Waals surface area contributed by atoms with Crippen molar-refractivity contribution in [1.29, 1.82) is 0 Å². The maximum atomic E-state index is 13.6. The molecule has 1 aromatic carbocycles. The molecule has 33 heavy (non-hydrogen) atoms. The second-order valence-electron chi connectivity index (χ2n) is 10.4. The predicted molar refractivity (Wildman–Crippen MR) is 129 cm³/mol. The van der Waals surface area contributed by atoms with Crippen LogP contribution in [0.15, 0.2) is 18.2 Å². The van der Waals surface area contributed by atoms with E-state index in [1.807, 2.05) is 30.8 Å². The summed E-state index contributed by atoms with van der Waals surface area (Å²) in [4.78, 5) is 30.0. The van der Waals surface area contributed by atoms with E-state index in [0.717, 1.165) is 36.8 Å². The summed E-state index contributed by atoms with van der Waals surface area (Å²) in [6, 6.07) is 6.17. The molecule has 1 amide bonds. The van der Waals surface area contributed by atoms with Gasteiger partial charge in [-0.25, -0.2) is 4.79 Å². The first-order valence-electron chi connectivity index (χ1n) is 12.4. The molecular formula is C26H36N4O3. The average molecular weight is 453 g/mol. The van der Waals surface area contributed by atoms with Crippen molar-refractivity contribution < 1.29 is 14.3 Å². The van der Waals surface area contributed by atoms with Gasteiger partial charge in [-0.1, -0.05) is 13.3 Å². The second-order valence-corrected chi connectivity index (χ2v) is 10.4. The Morgan fingerprint density at radius 1 is 1.24 bits per heavy atom. The maximum absolute atomic E-state index is 13.6. The number of likely N-dealkylation sites (N-methyl/N-ethyl adjacent to an activating group) is 1. The highest BCUT2D eigenvalue weighted by molar-refractivity contribution is 5.96. The number of fused-ring (bicyclic) bond motifs is 4. The average Bonchev–Trinajstić information content (AvgIpc) is 3.04. The first kappa shape index (κ1) is 22.4. The molecule has 3 fully saturated rings. The van der Waals surface area contributed by atoms with Crippen molar-refractivity contribution in [2.45, 2.75) is 51.5 Å². The van der Waals surface area contributed by atoms with Crippen LogP contribution < -0.4 is 10.1 Å². The van der Waals surface area contributed by atoms with Crippen molar-refractivity contribution in [2.24, 2.45) is 11.8 Å². The van der Waals surface area contributed by atoms with E-state index in [2.05, 4.69) is 22.0 Å². The third-order valence-electron chi connectivity index (χ3n) is 7.94. The van der Waals surface area contributed by atoms with Gasteiger partial charge < -0.3 is 15.0 Å². The van der Waals surface area contributed by atoms with Gasteiger partial charge in [-0.05, 0) is 69.0 Å². The number of rotatable bonds is 5. The lowest BCUT2D eigenvalue weighted by atomic mass is 9.65. The minimum atomic E-state index is -0.327. The molecule has 7 heteroatoms. The molecule has 1 unspecified atom stereocenters. The SMILES string of the molecule is CC[C@H]1C[C@@H]2C[C@H]3c4c(c5cc(OC(C)=O)ccc5n4C(=O)NCCN(C)C)CCN(C2)[C@@H]13. The molecule has 4 heterocycles. The number of carbonyl (C=O) groups excluding carboxylic acids is 2. The third kappa shape index (κ3) is 3.95. The number of nitrogens with zero attached hydrogens (tertiary/aromatic N) is 3. The van der Waals surface area contributed by atoms with Gasteiger partial charge in [0.15, 0.2) is 0 Å². The van der Waals surface area contributed by atoms with Crippen LogP contribution in [0.2, 0.25) is 0 Å². The van der Waals surface area contributed by atoms with Crippen molar-refractivity contribution in [3.63, 3.8) is 0 Å². The highest BCUT2D eigenvalue weighted by atomic mass is 16.5. The van der Waals surface area contributed by atoms with Crippen LogP contribution in [0.1, 0.15) is 50.3 Å². The number of piperidine rings is 2. The molecular weight excluding hydrogens is 416 g/mol. The zero-order chi connectivity index (χ0) is 23.3. The number of ether oxygens (including phenoxy) is 1. The quantitative estimate of drug-likeness (QED) is 0.556. The van der Waals surface area contributed by atoms with Gasteiger partial charge in [-0.15, -0.1) is 0 Å². The van der Waals surface area contributed by atoms with E-state index in [9.17, 15) is 9.59 Å². The summed E-state index contributed by atoms with van der Waals surface area (Å²) < 4.78 is 7.37. The maximum Gasteiger partial charge on any atom is 0.326 e. The Kier molecular flexibility index (Phi) is 5.95. The van der Waals surface area contributed by atoms with Crippen molar-refractivity contribution in [2.75, 3.05) is 40.3 Å². The Bertz CT molecular complexity index is 1080. The molecule has 5 atom stereocenters. The van der Waals surface area contributed by atoms with Crippen LogP contribution in [0.4, 0.5) is 4.79 Å². The highest BCUT2D eigenvalue weighted by Crippen LogP contribution is 2.52. The second kappa shape index (κ2) is 8.76. The van der Waals surface area contributed by atoms with Crippen LogP contribution in [0, 0.1) is 11.8 Å². The van der Waals surface area contributed by atoms with Gasteiger partial charge in [0.2, 0.25) is 0 Å². The van der Waals surface area contributed by atoms with Crippen molar-refractivity contribution in [3.05, 3.63) is 29.5 Å². The van der Waals surface area contributed by atoms with E-state index in [1.54, 1.807) is 6.07 Å². The molecule has 3 aliphatic heterocycles.